The highest BCUT2D eigenvalue weighted by atomic mass is 127. The lowest BCUT2D eigenvalue weighted by Crippen LogP contribution is -1.77. The Labute approximate surface area is 94.0 Å². The van der Waals surface area contributed by atoms with Gasteiger partial charge in [-0.05, 0) is 51.6 Å². The number of hydrogen-bond donors (Lipinski definition) is 0. The molecule has 0 aliphatic carbocycles. The van der Waals surface area contributed by atoms with Gasteiger partial charge in [0.05, 0.1) is 6.20 Å². The summed E-state index contributed by atoms with van der Waals surface area (Å²) in [6.45, 7) is 0. The maximum absolute atomic E-state index is 5.11. The predicted octanol–water partition coefficient (Wildman–Crippen LogP) is 3.59. The summed E-state index contributed by atoms with van der Waals surface area (Å²) in [6, 6.07) is 10.3. The first kappa shape index (κ1) is 8.23. The van der Waals surface area contributed by atoms with Crippen molar-refractivity contribution in [2.45, 2.75) is 0 Å². The van der Waals surface area contributed by atoms with Crippen molar-refractivity contribution in [3.8, 4) is 0 Å². The van der Waals surface area contributed by atoms with Crippen molar-refractivity contribution in [3.05, 3.63) is 40.1 Å². The second kappa shape index (κ2) is 2.95. The first-order valence-corrected chi connectivity index (χ1v) is 5.36. The van der Waals surface area contributed by atoms with Crippen LogP contribution in [0.2, 0.25) is 0 Å². The van der Waals surface area contributed by atoms with Gasteiger partial charge >= 0.3 is 0 Å². The van der Waals surface area contributed by atoms with Crippen molar-refractivity contribution >= 4 is 44.3 Å². The lowest BCUT2D eigenvalue weighted by atomic mass is 10.1. The lowest BCUT2D eigenvalue weighted by Gasteiger charge is -1.99. The maximum Gasteiger partial charge on any atom is 0.167 e. The quantitative estimate of drug-likeness (QED) is 0.592. The monoisotopic (exact) mass is 295 g/mol. The minimum Gasteiger partial charge on any atom is -0.356 e. The van der Waals surface area contributed by atoms with Crippen LogP contribution in [0.1, 0.15) is 0 Å². The van der Waals surface area contributed by atoms with Gasteiger partial charge in [0.25, 0.3) is 0 Å². The zero-order chi connectivity index (χ0) is 9.54. The Balaban J connectivity index is 2.64. The molecule has 0 saturated carbocycles. The number of nitrogens with zero attached hydrogens (tertiary/aromatic N) is 1. The Hall–Kier alpha value is -1.10. The first-order valence-electron chi connectivity index (χ1n) is 4.28. The van der Waals surface area contributed by atoms with Crippen LogP contribution in [-0.2, 0) is 0 Å². The van der Waals surface area contributed by atoms with Gasteiger partial charge in [-0.1, -0.05) is 17.3 Å². The third-order valence-electron chi connectivity index (χ3n) is 2.34. The van der Waals surface area contributed by atoms with Crippen LogP contribution in [0.15, 0.2) is 41.1 Å². The van der Waals surface area contributed by atoms with E-state index in [1.165, 1.54) is 14.3 Å². The summed E-state index contributed by atoms with van der Waals surface area (Å²) in [5.74, 6) is 0. The summed E-state index contributed by atoms with van der Waals surface area (Å²) in [4.78, 5) is 0. The van der Waals surface area contributed by atoms with E-state index in [0.717, 1.165) is 11.0 Å². The van der Waals surface area contributed by atoms with Crippen molar-refractivity contribution in [1.29, 1.82) is 0 Å². The highest BCUT2D eigenvalue weighted by Gasteiger charge is 2.04. The molecular formula is C11H6INO. The molecule has 0 amide bonds. The molecule has 1 heterocycles. The molecule has 2 nitrogen and oxygen atoms in total. The molecule has 68 valence electrons. The Morgan fingerprint density at radius 1 is 1.00 bits per heavy atom. The van der Waals surface area contributed by atoms with Crippen molar-refractivity contribution in [1.82, 2.24) is 5.16 Å². The molecule has 0 N–H and O–H groups in total. The number of fused-ring (bicyclic) bond motifs is 3. The SMILES string of the molecule is Ic1cccc2c1ccc1oncc12. The zero-order valence-corrected chi connectivity index (χ0v) is 9.36. The standard InChI is InChI=1S/C11H6INO/c12-10-3-1-2-7-8(10)4-5-11-9(7)6-13-14-11/h1-6H. The molecule has 1 aromatic heterocycles. The van der Waals surface area contributed by atoms with Gasteiger partial charge < -0.3 is 4.52 Å². The fourth-order valence-electron chi connectivity index (χ4n) is 1.67. The van der Waals surface area contributed by atoms with Crippen LogP contribution in [0.4, 0.5) is 0 Å². The van der Waals surface area contributed by atoms with Gasteiger partial charge in [-0.3, -0.25) is 0 Å². The van der Waals surface area contributed by atoms with E-state index in [9.17, 15) is 0 Å². The number of rotatable bonds is 0. The number of benzene rings is 2. The van der Waals surface area contributed by atoms with Crippen molar-refractivity contribution < 1.29 is 4.52 Å². The zero-order valence-electron chi connectivity index (χ0n) is 7.20. The summed E-state index contributed by atoms with van der Waals surface area (Å²) in [5.41, 5.74) is 0.847. The molecule has 0 unspecified atom stereocenters. The predicted molar refractivity (Wildman–Crippen MR) is 64.2 cm³/mol. The van der Waals surface area contributed by atoms with Crippen molar-refractivity contribution in [2.24, 2.45) is 0 Å². The summed E-state index contributed by atoms with van der Waals surface area (Å²) < 4.78 is 6.37. The molecule has 0 spiro atoms. The van der Waals surface area contributed by atoms with E-state index >= 15 is 0 Å². The molecule has 0 fully saturated rings. The molecule has 0 aliphatic heterocycles. The van der Waals surface area contributed by atoms with Crippen LogP contribution in [-0.4, -0.2) is 5.16 Å². The van der Waals surface area contributed by atoms with E-state index in [0.29, 0.717) is 0 Å². The van der Waals surface area contributed by atoms with Gasteiger partial charge in [0, 0.05) is 8.96 Å². The van der Waals surface area contributed by atoms with E-state index in [-0.39, 0.29) is 0 Å². The van der Waals surface area contributed by atoms with Crippen molar-refractivity contribution in [2.75, 3.05) is 0 Å². The van der Waals surface area contributed by atoms with E-state index in [4.69, 9.17) is 4.52 Å². The normalized spacial score (nSPS) is 11.2. The van der Waals surface area contributed by atoms with E-state index in [2.05, 4.69) is 52.0 Å². The Morgan fingerprint density at radius 2 is 1.93 bits per heavy atom. The minimum absolute atomic E-state index is 0.847. The van der Waals surface area contributed by atoms with Gasteiger partial charge in [0.1, 0.15) is 0 Å². The van der Waals surface area contributed by atoms with Gasteiger partial charge in [-0.25, -0.2) is 0 Å². The van der Waals surface area contributed by atoms with Crippen LogP contribution in [0, 0.1) is 3.57 Å². The second-order valence-electron chi connectivity index (χ2n) is 3.14. The summed E-state index contributed by atoms with van der Waals surface area (Å²) >= 11 is 2.34. The number of halogens is 1. The van der Waals surface area contributed by atoms with Crippen LogP contribution < -0.4 is 0 Å². The highest BCUT2D eigenvalue weighted by Crippen LogP contribution is 2.27. The fraction of sp³-hybridized carbons (Fsp3) is 0. The Morgan fingerprint density at radius 3 is 2.86 bits per heavy atom. The smallest absolute Gasteiger partial charge is 0.167 e. The molecule has 0 saturated heterocycles. The third-order valence-corrected chi connectivity index (χ3v) is 3.28. The molecule has 3 aromatic rings. The molecular weight excluding hydrogens is 289 g/mol. The van der Waals surface area contributed by atoms with Crippen LogP contribution in [0.25, 0.3) is 21.7 Å². The molecule has 3 rings (SSSR count). The van der Waals surface area contributed by atoms with Crippen LogP contribution in [0.3, 0.4) is 0 Å². The molecule has 0 aliphatic rings. The van der Waals surface area contributed by atoms with E-state index in [1.54, 1.807) is 6.20 Å². The topological polar surface area (TPSA) is 26.0 Å². The van der Waals surface area contributed by atoms with Crippen LogP contribution in [0.5, 0.6) is 0 Å². The average Bonchev–Trinajstić information content (AvgIpc) is 2.66. The second-order valence-corrected chi connectivity index (χ2v) is 4.30. The van der Waals surface area contributed by atoms with E-state index in [1.807, 2.05) is 6.07 Å². The highest BCUT2D eigenvalue weighted by molar-refractivity contribution is 14.1. The van der Waals surface area contributed by atoms with Crippen molar-refractivity contribution in [3.63, 3.8) is 0 Å². The summed E-state index contributed by atoms with van der Waals surface area (Å²) in [5, 5.41) is 7.35. The molecule has 0 bridgehead atoms. The molecule has 14 heavy (non-hydrogen) atoms. The van der Waals surface area contributed by atoms with E-state index < -0.39 is 0 Å². The van der Waals surface area contributed by atoms with Gasteiger partial charge in [-0.2, -0.15) is 0 Å². The Kier molecular flexibility index (Phi) is 1.73. The van der Waals surface area contributed by atoms with Gasteiger partial charge in [0.15, 0.2) is 5.58 Å². The average molecular weight is 295 g/mol. The first-order chi connectivity index (χ1) is 6.86. The largest absolute Gasteiger partial charge is 0.356 e. The van der Waals surface area contributed by atoms with Crippen LogP contribution >= 0.6 is 22.6 Å². The molecule has 0 radical (unpaired) electrons. The summed E-state index contributed by atoms with van der Waals surface area (Å²) in [7, 11) is 0. The van der Waals surface area contributed by atoms with Gasteiger partial charge in [-0.15, -0.1) is 0 Å². The number of aromatic nitrogens is 1. The van der Waals surface area contributed by atoms with Gasteiger partial charge in [0.2, 0.25) is 0 Å². The maximum atomic E-state index is 5.11. The summed E-state index contributed by atoms with van der Waals surface area (Å²) in [6.07, 6.45) is 1.77. The fourth-order valence-corrected chi connectivity index (χ4v) is 2.35. The lowest BCUT2D eigenvalue weighted by molar-refractivity contribution is 0.456. The molecule has 3 heteroatoms. The Bertz CT molecular complexity index is 615. The molecule has 2 aromatic carbocycles. The third kappa shape index (κ3) is 1.05. The minimum atomic E-state index is 0.847. The molecule has 0 atom stereocenters. The number of hydrogen-bond acceptors (Lipinski definition) is 2.